The van der Waals surface area contributed by atoms with Crippen LogP contribution in [0.25, 0.3) is 0 Å². The van der Waals surface area contributed by atoms with Gasteiger partial charge in [-0.3, -0.25) is 10.1 Å². The van der Waals surface area contributed by atoms with Gasteiger partial charge in [0.2, 0.25) is 10.0 Å². The van der Waals surface area contributed by atoms with E-state index >= 15 is 0 Å². The highest BCUT2D eigenvalue weighted by molar-refractivity contribution is 7.89. The predicted octanol–water partition coefficient (Wildman–Crippen LogP) is 3.29. The van der Waals surface area contributed by atoms with E-state index in [4.69, 9.17) is 11.6 Å². The van der Waals surface area contributed by atoms with Crippen molar-refractivity contribution < 1.29 is 13.3 Å². The zero-order valence-electron chi connectivity index (χ0n) is 11.6. The summed E-state index contributed by atoms with van der Waals surface area (Å²) in [4.78, 5) is 9.97. The van der Waals surface area contributed by atoms with Crippen molar-refractivity contribution in [1.82, 2.24) is 4.72 Å². The molecule has 0 spiro atoms. The highest BCUT2D eigenvalue weighted by Crippen LogP contribution is 2.20. The van der Waals surface area contributed by atoms with E-state index < -0.39 is 21.0 Å². The summed E-state index contributed by atoms with van der Waals surface area (Å²) in [6.45, 7) is 1.70. The van der Waals surface area contributed by atoms with Gasteiger partial charge in [0.05, 0.1) is 9.82 Å². The number of non-ortho nitro benzene ring substituents is 1. The monoisotopic (exact) mass is 340 g/mol. The van der Waals surface area contributed by atoms with Gasteiger partial charge >= 0.3 is 0 Å². The van der Waals surface area contributed by atoms with Crippen LogP contribution in [0.4, 0.5) is 5.69 Å². The minimum Gasteiger partial charge on any atom is -0.258 e. The molecule has 116 valence electrons. The van der Waals surface area contributed by atoms with Crippen molar-refractivity contribution in [3.05, 3.63) is 69.2 Å². The number of benzene rings is 2. The molecule has 0 saturated heterocycles. The Hall–Kier alpha value is -1.96. The summed E-state index contributed by atoms with van der Waals surface area (Å²) in [6.07, 6.45) is 0. The number of nitro benzene ring substituents is 1. The summed E-state index contributed by atoms with van der Waals surface area (Å²) in [5, 5.41) is 11.1. The number of hydrogen-bond acceptors (Lipinski definition) is 4. The Kier molecular flexibility index (Phi) is 4.80. The lowest BCUT2D eigenvalue weighted by atomic mass is 10.1. The molecule has 0 fully saturated rings. The van der Waals surface area contributed by atoms with Gasteiger partial charge in [-0.1, -0.05) is 23.7 Å². The molecular weight excluding hydrogens is 328 g/mol. The fraction of sp³-hybridized carbons (Fsp3) is 0.143. The van der Waals surface area contributed by atoms with E-state index in [1.807, 2.05) is 0 Å². The zero-order valence-corrected chi connectivity index (χ0v) is 13.1. The molecule has 1 atom stereocenters. The van der Waals surface area contributed by atoms with Crippen LogP contribution >= 0.6 is 11.6 Å². The summed E-state index contributed by atoms with van der Waals surface area (Å²) in [5.41, 5.74) is 0.597. The first kappa shape index (κ1) is 16.4. The van der Waals surface area contributed by atoms with Gasteiger partial charge in [0.1, 0.15) is 0 Å². The van der Waals surface area contributed by atoms with Crippen molar-refractivity contribution in [3.8, 4) is 0 Å². The maximum absolute atomic E-state index is 12.3. The lowest BCUT2D eigenvalue weighted by Crippen LogP contribution is -2.26. The fourth-order valence-corrected chi connectivity index (χ4v) is 3.23. The molecule has 2 aromatic carbocycles. The molecule has 0 bridgehead atoms. The van der Waals surface area contributed by atoms with Crippen molar-refractivity contribution in [2.24, 2.45) is 0 Å². The average Bonchev–Trinajstić information content (AvgIpc) is 2.47. The van der Waals surface area contributed by atoms with Crippen LogP contribution in [0.15, 0.2) is 53.4 Å². The van der Waals surface area contributed by atoms with E-state index in [0.717, 1.165) is 17.7 Å². The molecule has 0 aliphatic rings. The molecule has 2 aromatic rings. The molecule has 22 heavy (non-hydrogen) atoms. The second kappa shape index (κ2) is 6.43. The number of nitrogens with one attached hydrogen (secondary N) is 1. The summed E-state index contributed by atoms with van der Waals surface area (Å²) in [6, 6.07) is 11.1. The van der Waals surface area contributed by atoms with Gasteiger partial charge in [0.15, 0.2) is 0 Å². The van der Waals surface area contributed by atoms with Crippen LogP contribution in [0.2, 0.25) is 5.02 Å². The van der Waals surface area contributed by atoms with E-state index in [0.29, 0.717) is 5.02 Å². The lowest BCUT2D eigenvalue weighted by molar-refractivity contribution is -0.384. The quantitative estimate of drug-likeness (QED) is 0.668. The summed E-state index contributed by atoms with van der Waals surface area (Å²) in [7, 11) is -3.77. The third-order valence-corrected chi connectivity index (χ3v) is 4.87. The average molecular weight is 341 g/mol. The molecule has 0 saturated carbocycles. The number of halogens is 1. The van der Waals surface area contributed by atoms with Gasteiger partial charge in [-0.15, -0.1) is 0 Å². The van der Waals surface area contributed by atoms with Gasteiger partial charge in [-0.05, 0) is 36.8 Å². The standard InChI is InChI=1S/C14H13ClN2O4S/c1-10(11-2-4-12(15)5-3-11)16-22(20,21)14-8-6-13(7-9-14)17(18)19/h2-10,16H,1H3/t10-/m0/s1. The summed E-state index contributed by atoms with van der Waals surface area (Å²) in [5.74, 6) is 0. The minimum absolute atomic E-state index is 0.0288. The molecule has 0 aromatic heterocycles. The van der Waals surface area contributed by atoms with E-state index in [9.17, 15) is 18.5 Å². The smallest absolute Gasteiger partial charge is 0.258 e. The second-order valence-corrected chi connectivity index (χ2v) is 6.80. The van der Waals surface area contributed by atoms with Crippen molar-refractivity contribution in [2.45, 2.75) is 17.9 Å². The number of nitro groups is 1. The first-order valence-electron chi connectivity index (χ1n) is 6.32. The van der Waals surface area contributed by atoms with E-state index in [1.165, 1.54) is 12.1 Å². The van der Waals surface area contributed by atoms with E-state index in [1.54, 1.807) is 31.2 Å². The summed E-state index contributed by atoms with van der Waals surface area (Å²) < 4.78 is 27.0. The normalized spacial score (nSPS) is 12.8. The third kappa shape index (κ3) is 3.82. The molecule has 0 aliphatic heterocycles. The molecule has 0 unspecified atom stereocenters. The molecule has 0 aliphatic carbocycles. The van der Waals surface area contributed by atoms with Gasteiger partial charge in [-0.25, -0.2) is 13.1 Å². The van der Waals surface area contributed by atoms with Crippen LogP contribution < -0.4 is 4.72 Å². The molecule has 0 radical (unpaired) electrons. The van der Waals surface area contributed by atoms with E-state index in [2.05, 4.69) is 4.72 Å². The van der Waals surface area contributed by atoms with Gasteiger partial charge < -0.3 is 0 Å². The highest BCUT2D eigenvalue weighted by Gasteiger charge is 2.19. The fourth-order valence-electron chi connectivity index (χ4n) is 1.87. The maximum atomic E-state index is 12.3. The van der Waals surface area contributed by atoms with E-state index in [-0.39, 0.29) is 10.6 Å². The molecule has 1 N–H and O–H groups in total. The number of sulfonamides is 1. The van der Waals surface area contributed by atoms with Crippen molar-refractivity contribution in [1.29, 1.82) is 0 Å². The molecular formula is C14H13ClN2O4S. The van der Waals surface area contributed by atoms with Crippen molar-refractivity contribution >= 4 is 27.3 Å². The van der Waals surface area contributed by atoms with Crippen LogP contribution in [-0.2, 0) is 10.0 Å². The summed E-state index contributed by atoms with van der Waals surface area (Å²) >= 11 is 5.79. The van der Waals surface area contributed by atoms with Crippen LogP contribution in [0.1, 0.15) is 18.5 Å². The topological polar surface area (TPSA) is 89.3 Å². The third-order valence-electron chi connectivity index (χ3n) is 3.06. The van der Waals surface area contributed by atoms with Crippen LogP contribution in [0.3, 0.4) is 0 Å². The van der Waals surface area contributed by atoms with Gasteiger partial charge in [-0.2, -0.15) is 0 Å². The minimum atomic E-state index is -3.77. The Labute approximate surface area is 132 Å². The van der Waals surface area contributed by atoms with Crippen molar-refractivity contribution in [2.75, 3.05) is 0 Å². The Morgan fingerprint density at radius 2 is 1.64 bits per heavy atom. The Bertz CT molecular complexity index is 773. The Morgan fingerprint density at radius 3 is 2.14 bits per heavy atom. The molecule has 6 nitrogen and oxygen atoms in total. The Morgan fingerprint density at radius 1 is 1.09 bits per heavy atom. The molecule has 8 heteroatoms. The number of nitrogens with zero attached hydrogens (tertiary/aromatic N) is 1. The first-order valence-corrected chi connectivity index (χ1v) is 8.18. The van der Waals surface area contributed by atoms with Crippen LogP contribution in [-0.4, -0.2) is 13.3 Å². The number of hydrogen-bond donors (Lipinski definition) is 1. The van der Waals surface area contributed by atoms with Crippen LogP contribution in [0, 0.1) is 10.1 Å². The molecule has 0 heterocycles. The maximum Gasteiger partial charge on any atom is 0.269 e. The predicted molar refractivity (Wildman–Crippen MR) is 83.3 cm³/mol. The highest BCUT2D eigenvalue weighted by atomic mass is 35.5. The first-order chi connectivity index (χ1) is 10.3. The van der Waals surface area contributed by atoms with Gasteiger partial charge in [0.25, 0.3) is 5.69 Å². The Balaban J connectivity index is 2.19. The molecule has 0 amide bonds. The lowest BCUT2D eigenvalue weighted by Gasteiger charge is -2.14. The van der Waals surface area contributed by atoms with Gasteiger partial charge in [0, 0.05) is 23.2 Å². The second-order valence-electron chi connectivity index (χ2n) is 4.65. The SMILES string of the molecule is C[C@H](NS(=O)(=O)c1ccc([N+](=O)[O-])cc1)c1ccc(Cl)cc1. The van der Waals surface area contributed by atoms with Crippen LogP contribution in [0.5, 0.6) is 0 Å². The number of rotatable bonds is 5. The zero-order chi connectivity index (χ0) is 16.3. The largest absolute Gasteiger partial charge is 0.269 e. The molecule has 2 rings (SSSR count). The van der Waals surface area contributed by atoms with Crippen molar-refractivity contribution in [3.63, 3.8) is 0 Å².